The van der Waals surface area contributed by atoms with Crippen molar-refractivity contribution >= 4 is 0 Å². The van der Waals surface area contributed by atoms with E-state index >= 15 is 0 Å². The van der Waals surface area contributed by atoms with Gasteiger partial charge in [0, 0.05) is 0 Å². The van der Waals surface area contributed by atoms with Crippen molar-refractivity contribution in [2.75, 3.05) is 0 Å². The predicted octanol–water partition coefficient (Wildman–Crippen LogP) is 6.01. The van der Waals surface area contributed by atoms with Gasteiger partial charge in [0.15, 0.2) is 0 Å². The van der Waals surface area contributed by atoms with Crippen LogP contribution >= 0.6 is 0 Å². The minimum atomic E-state index is 0. The zero-order chi connectivity index (χ0) is 19.0. The third kappa shape index (κ3) is 14.7. The van der Waals surface area contributed by atoms with Gasteiger partial charge in [-0.15, -0.1) is 12.8 Å². The fourth-order valence-corrected chi connectivity index (χ4v) is 1.94. The summed E-state index contributed by atoms with van der Waals surface area (Å²) in [5.41, 5.74) is 2.18. The monoisotopic (exact) mass is 436 g/mol. The number of phenols is 2. The van der Waals surface area contributed by atoms with Gasteiger partial charge in [-0.3, -0.25) is 12.2 Å². The first kappa shape index (κ1) is 24.9. The van der Waals surface area contributed by atoms with Crippen molar-refractivity contribution in [2.45, 2.75) is 26.7 Å². The quantitative estimate of drug-likeness (QED) is 0.496. The summed E-state index contributed by atoms with van der Waals surface area (Å²) >= 11 is 0. The fourth-order valence-electron chi connectivity index (χ4n) is 1.94. The fraction of sp³-hybridized carbons (Fsp3) is 0.167. The minimum absolute atomic E-state index is 0. The van der Waals surface area contributed by atoms with Crippen LogP contribution in [0, 0.1) is 26.0 Å². The third-order valence-electron chi connectivity index (χ3n) is 3.18. The molecular formula is C24H26O2Zr. The number of rotatable bonds is 0. The minimum Gasteiger partial charge on any atom is -0.508 e. The van der Waals surface area contributed by atoms with Gasteiger partial charge in [-0.1, -0.05) is 24.3 Å². The van der Waals surface area contributed by atoms with Gasteiger partial charge in [-0.2, -0.15) is 12.2 Å². The van der Waals surface area contributed by atoms with E-state index in [2.05, 4.69) is 24.3 Å². The van der Waals surface area contributed by atoms with Gasteiger partial charge in [-0.25, -0.2) is 24.3 Å². The summed E-state index contributed by atoms with van der Waals surface area (Å²) in [4.78, 5) is 0. The standard InChI is InChI=1S/2C7H8O.2C5H5.Zr/c2*1-6-3-2-4-7(8)5-6;2*1-2-4-5-3-1;/h2*2-5,8H,1H3;2*1-3H,4H2;/q;;2*-1;+2. The molecule has 0 atom stereocenters. The molecule has 0 saturated heterocycles. The Kier molecular flexibility index (Phi) is 14.8. The van der Waals surface area contributed by atoms with Gasteiger partial charge in [0.05, 0.1) is 0 Å². The second kappa shape index (κ2) is 16.1. The van der Waals surface area contributed by atoms with Crippen LogP contribution in [0.2, 0.25) is 0 Å². The molecule has 2 aromatic carbocycles. The molecule has 2 N–H and O–H groups in total. The predicted molar refractivity (Wildman–Crippen MR) is 109 cm³/mol. The second-order valence-electron chi connectivity index (χ2n) is 5.68. The molecule has 2 aromatic rings. The van der Waals surface area contributed by atoms with Crippen LogP contribution in [-0.2, 0) is 26.2 Å². The van der Waals surface area contributed by atoms with E-state index in [-0.39, 0.29) is 26.2 Å². The van der Waals surface area contributed by atoms with Crippen LogP contribution in [-0.4, -0.2) is 10.2 Å². The number of hydrogen-bond acceptors (Lipinski definition) is 2. The molecule has 0 aromatic heterocycles. The molecule has 2 aliphatic carbocycles. The van der Waals surface area contributed by atoms with Gasteiger partial charge >= 0.3 is 26.2 Å². The van der Waals surface area contributed by atoms with E-state index < -0.39 is 0 Å². The van der Waals surface area contributed by atoms with Gasteiger partial charge in [0.2, 0.25) is 0 Å². The Balaban J connectivity index is 0.000000337. The number of aromatic hydroxyl groups is 2. The SMILES string of the molecule is Cc1cccc(O)c1.Cc1cccc(O)c1.[C-]1=CC=CC1.[C-]1=CC=CC1.[Zr+2]. The Labute approximate surface area is 182 Å². The second-order valence-corrected chi connectivity index (χ2v) is 5.68. The molecule has 2 aliphatic rings. The van der Waals surface area contributed by atoms with Gasteiger partial charge in [0.25, 0.3) is 0 Å². The third-order valence-corrected chi connectivity index (χ3v) is 3.18. The molecule has 0 unspecified atom stereocenters. The van der Waals surface area contributed by atoms with Crippen LogP contribution < -0.4 is 0 Å². The maximum atomic E-state index is 8.81. The first-order valence-electron chi connectivity index (χ1n) is 8.52. The van der Waals surface area contributed by atoms with E-state index in [1.54, 1.807) is 24.3 Å². The Morgan fingerprint density at radius 3 is 1.26 bits per heavy atom. The van der Waals surface area contributed by atoms with E-state index in [0.29, 0.717) is 11.5 Å². The van der Waals surface area contributed by atoms with E-state index in [4.69, 9.17) is 10.2 Å². The molecule has 0 amide bonds. The normalized spacial score (nSPS) is 11.9. The molecule has 27 heavy (non-hydrogen) atoms. The van der Waals surface area contributed by atoms with Crippen LogP contribution in [0.4, 0.5) is 0 Å². The molecule has 0 spiro atoms. The number of phenolic OH excluding ortho intramolecular Hbond substituents is 2. The summed E-state index contributed by atoms with van der Waals surface area (Å²) in [6.45, 7) is 3.89. The van der Waals surface area contributed by atoms with Gasteiger partial charge in [-0.05, 0) is 49.2 Å². The molecule has 138 valence electrons. The summed E-state index contributed by atoms with van der Waals surface area (Å²) in [5, 5.41) is 17.6. The molecule has 2 nitrogen and oxygen atoms in total. The molecule has 4 rings (SSSR count). The summed E-state index contributed by atoms with van der Waals surface area (Å²) in [6, 6.07) is 14.3. The van der Waals surface area contributed by atoms with Crippen molar-refractivity contribution in [3.63, 3.8) is 0 Å². The van der Waals surface area contributed by atoms with Crippen LogP contribution in [0.5, 0.6) is 11.5 Å². The molecular weight excluding hydrogens is 411 g/mol. The van der Waals surface area contributed by atoms with Crippen LogP contribution in [0.25, 0.3) is 0 Å². The number of allylic oxidation sites excluding steroid dienone is 8. The first-order valence-corrected chi connectivity index (χ1v) is 8.52. The maximum absolute atomic E-state index is 8.81. The molecule has 0 fully saturated rings. The molecule has 0 aliphatic heterocycles. The number of hydrogen-bond donors (Lipinski definition) is 2. The van der Waals surface area contributed by atoms with E-state index in [1.807, 2.05) is 62.4 Å². The summed E-state index contributed by atoms with van der Waals surface area (Å²) < 4.78 is 0. The topological polar surface area (TPSA) is 40.5 Å². The summed E-state index contributed by atoms with van der Waals surface area (Å²) in [7, 11) is 0. The molecule has 0 bridgehead atoms. The number of benzene rings is 2. The van der Waals surface area contributed by atoms with Gasteiger partial charge in [0.1, 0.15) is 11.5 Å². The van der Waals surface area contributed by atoms with Crippen molar-refractivity contribution in [1.82, 2.24) is 0 Å². The summed E-state index contributed by atoms with van der Waals surface area (Å²) in [6.07, 6.45) is 20.0. The molecule has 0 radical (unpaired) electrons. The molecule has 0 saturated carbocycles. The van der Waals surface area contributed by atoms with Crippen molar-refractivity contribution in [1.29, 1.82) is 0 Å². The molecule has 0 heterocycles. The van der Waals surface area contributed by atoms with E-state index in [0.717, 1.165) is 24.0 Å². The first-order chi connectivity index (χ1) is 12.6. The van der Waals surface area contributed by atoms with Crippen LogP contribution in [0.15, 0.2) is 85.0 Å². The largest absolute Gasteiger partial charge is 2.00 e. The van der Waals surface area contributed by atoms with E-state index in [9.17, 15) is 0 Å². The van der Waals surface area contributed by atoms with Crippen LogP contribution in [0.1, 0.15) is 24.0 Å². The Morgan fingerprint density at radius 2 is 1.11 bits per heavy atom. The Morgan fingerprint density at radius 1 is 0.704 bits per heavy atom. The number of aryl methyl sites for hydroxylation is 2. The zero-order valence-corrected chi connectivity index (χ0v) is 18.3. The van der Waals surface area contributed by atoms with Crippen molar-refractivity contribution in [3.8, 4) is 11.5 Å². The van der Waals surface area contributed by atoms with Crippen molar-refractivity contribution in [3.05, 3.63) is 108 Å². The average Bonchev–Trinajstić information content (AvgIpc) is 3.34. The van der Waals surface area contributed by atoms with Crippen molar-refractivity contribution < 1.29 is 36.4 Å². The Hall–Kier alpha value is -2.12. The van der Waals surface area contributed by atoms with Gasteiger partial charge < -0.3 is 10.2 Å². The average molecular weight is 438 g/mol. The molecule has 3 heteroatoms. The Bertz CT molecular complexity index is 638. The smallest absolute Gasteiger partial charge is 0.508 e. The van der Waals surface area contributed by atoms with E-state index in [1.165, 1.54) is 0 Å². The van der Waals surface area contributed by atoms with Crippen LogP contribution in [0.3, 0.4) is 0 Å². The maximum Gasteiger partial charge on any atom is 2.00 e. The summed E-state index contributed by atoms with van der Waals surface area (Å²) in [5.74, 6) is 0.676. The van der Waals surface area contributed by atoms with Crippen molar-refractivity contribution in [2.24, 2.45) is 0 Å². The zero-order valence-electron chi connectivity index (χ0n) is 15.9.